The topological polar surface area (TPSA) is 109 Å². The van der Waals surface area contributed by atoms with Crippen molar-refractivity contribution in [1.29, 1.82) is 0 Å². The van der Waals surface area contributed by atoms with Crippen molar-refractivity contribution in [2.75, 3.05) is 6.61 Å². The molecule has 30 heavy (non-hydrogen) atoms. The largest absolute Gasteiger partial charge is 0 e. The first-order valence-corrected chi connectivity index (χ1v) is 6.16. The molecule has 0 saturated heterocycles. The molecular formula is C17H7F6MnO6-. The van der Waals surface area contributed by atoms with E-state index in [1.54, 1.807) is 0 Å². The molecule has 13 heteroatoms. The van der Waals surface area contributed by atoms with Crippen molar-refractivity contribution in [3.8, 4) is 0 Å². The molecule has 1 heterocycles. The van der Waals surface area contributed by atoms with Crippen LogP contribution in [0, 0.1) is 39.3 Å². The number of hydrogen-bond acceptors (Lipinski definition) is 1. The molecular weight excluding hydrogens is 469 g/mol. The molecule has 0 aromatic heterocycles. The third kappa shape index (κ3) is 9.48. The van der Waals surface area contributed by atoms with Crippen LogP contribution in [0.3, 0.4) is 0 Å². The summed E-state index contributed by atoms with van der Waals surface area (Å²) in [5.74, 6) is 0. The Kier molecular flexibility index (Phi) is 25.6. The molecule has 0 atom stereocenters. The Bertz CT molecular complexity index is 653. The van der Waals surface area contributed by atoms with Gasteiger partial charge in [0.05, 0.1) is 0 Å². The fourth-order valence-corrected chi connectivity index (χ4v) is 1.93. The minimum atomic E-state index is -5.61. The molecule has 0 spiro atoms. The van der Waals surface area contributed by atoms with Gasteiger partial charge in [0.2, 0.25) is 0 Å². The van der Waals surface area contributed by atoms with Gasteiger partial charge in [0.15, 0.2) is 0 Å². The van der Waals surface area contributed by atoms with Crippen molar-refractivity contribution in [3.63, 3.8) is 0 Å². The van der Waals surface area contributed by atoms with E-state index in [4.69, 9.17) is 23.3 Å². The third-order valence-corrected chi connectivity index (χ3v) is 2.75. The van der Waals surface area contributed by atoms with Crippen molar-refractivity contribution in [2.24, 2.45) is 0 Å². The predicted molar refractivity (Wildman–Crippen MR) is 73.5 cm³/mol. The van der Waals surface area contributed by atoms with E-state index < -0.39 is 30.1 Å². The fourth-order valence-electron chi connectivity index (χ4n) is 1.93. The van der Waals surface area contributed by atoms with E-state index in [1.807, 2.05) is 6.08 Å². The van der Waals surface area contributed by atoms with Crippen molar-refractivity contribution >= 4 is 5.57 Å². The maximum atomic E-state index is 12.9. The van der Waals surface area contributed by atoms with Gasteiger partial charge in [-0.25, -0.2) is 6.08 Å². The van der Waals surface area contributed by atoms with Gasteiger partial charge in [-0.1, -0.05) is 18.2 Å². The summed E-state index contributed by atoms with van der Waals surface area (Å²) < 4.78 is 119. The van der Waals surface area contributed by atoms with Crippen molar-refractivity contribution in [3.05, 3.63) is 75.2 Å². The van der Waals surface area contributed by atoms with Crippen molar-refractivity contribution < 1.29 is 71.4 Å². The Morgan fingerprint density at radius 2 is 1.07 bits per heavy atom. The zero-order valence-electron chi connectivity index (χ0n) is 14.2. The van der Waals surface area contributed by atoms with Crippen LogP contribution in [0.1, 0.15) is 5.56 Å². The number of benzene rings is 1. The summed E-state index contributed by atoms with van der Waals surface area (Å²) >= 11 is 0. The van der Waals surface area contributed by atoms with Crippen LogP contribution in [-0.4, -0.2) is 24.6 Å². The number of alkyl halides is 6. The van der Waals surface area contributed by atoms with Crippen LogP contribution >= 0.6 is 0 Å². The summed E-state index contributed by atoms with van der Waals surface area (Å²) in [5, 5.41) is 0. The maximum absolute atomic E-state index is 12.9. The molecule has 0 fully saturated rings. The molecule has 1 aromatic carbocycles. The van der Waals surface area contributed by atoms with E-state index in [2.05, 4.69) is 38.0 Å². The summed E-state index contributed by atoms with van der Waals surface area (Å²) in [5.41, 5.74) is -5.55. The second kappa shape index (κ2) is 20.0. The average molecular weight is 476 g/mol. The van der Waals surface area contributed by atoms with Gasteiger partial charge in [-0.3, -0.25) is 0 Å². The summed E-state index contributed by atoms with van der Waals surface area (Å²) in [6, 6.07) is 6.49. The number of halogens is 6. The van der Waals surface area contributed by atoms with Crippen LogP contribution in [0.4, 0.5) is 26.3 Å². The van der Waals surface area contributed by atoms with E-state index in [0.29, 0.717) is 0 Å². The molecule has 1 radical (unpaired) electrons. The van der Waals surface area contributed by atoms with Gasteiger partial charge in [-0.05, 0) is 6.61 Å². The van der Waals surface area contributed by atoms with Gasteiger partial charge in [0.25, 0.3) is 5.60 Å². The fraction of sp³-hybridized carbons (Fsp3) is 0.235. The molecule has 161 valence electrons. The summed E-state index contributed by atoms with van der Waals surface area (Å²) in [6.45, 7) is 21.6. The Labute approximate surface area is 177 Å². The van der Waals surface area contributed by atoms with Gasteiger partial charge in [0.1, 0.15) is 0 Å². The number of hydrogen-bond donors (Lipinski definition) is 0. The predicted octanol–water partition coefficient (Wildman–Crippen LogP) is 3.58. The van der Waals surface area contributed by atoms with Gasteiger partial charge in [-0.2, -0.15) is 37.5 Å². The molecule has 1 aromatic rings. The number of ether oxygens (including phenoxy) is 1. The van der Waals surface area contributed by atoms with E-state index in [-0.39, 0.29) is 22.6 Å². The first-order chi connectivity index (χ1) is 13.7. The van der Waals surface area contributed by atoms with Gasteiger partial charge in [0, 0.05) is 17.1 Å². The second-order valence-corrected chi connectivity index (χ2v) is 3.88. The third-order valence-electron chi connectivity index (χ3n) is 2.75. The van der Waals surface area contributed by atoms with Gasteiger partial charge in [-0.15, -0.1) is 12.1 Å². The summed E-state index contributed by atoms with van der Waals surface area (Å²) in [6.07, 6.45) is -9.19. The molecule has 2 rings (SSSR count). The average Bonchev–Trinajstić information content (AvgIpc) is 3.23. The normalized spacial score (nSPS) is 12.6. The van der Waals surface area contributed by atoms with Crippen LogP contribution in [0.2, 0.25) is 0 Å². The van der Waals surface area contributed by atoms with Gasteiger partial charge >= 0.3 is 68.9 Å². The van der Waals surface area contributed by atoms with E-state index in [0.717, 1.165) is 12.1 Å². The summed E-state index contributed by atoms with van der Waals surface area (Å²) in [7, 11) is 0. The molecule has 0 aliphatic carbocycles. The SMILES string of the molecule is FC(F)(F)C1(C(F)(F)F)OC[C-]=C1c1ccccc1.[C-]#[O+].[C-]#[O+].[C-]#[O+].[C-]#[O+].[C-]#[O+].[Mn]. The van der Waals surface area contributed by atoms with E-state index >= 15 is 0 Å². The summed E-state index contributed by atoms with van der Waals surface area (Å²) in [4.78, 5) is 0. The van der Waals surface area contributed by atoms with Crippen LogP contribution in [0.15, 0.2) is 30.3 Å². The van der Waals surface area contributed by atoms with Crippen molar-refractivity contribution in [2.45, 2.75) is 18.0 Å². The van der Waals surface area contributed by atoms with Crippen molar-refractivity contribution in [1.82, 2.24) is 0 Å². The molecule has 0 bridgehead atoms. The quantitative estimate of drug-likeness (QED) is 0.263. The molecule has 1 aliphatic heterocycles. The molecule has 1 aliphatic rings. The zero-order chi connectivity index (χ0) is 24.3. The Balaban J connectivity index is -0.000000166. The second-order valence-electron chi connectivity index (χ2n) is 3.88. The van der Waals surface area contributed by atoms with Gasteiger partial charge < -0.3 is 4.74 Å². The number of rotatable bonds is 1. The molecule has 0 amide bonds. The Hall–Kier alpha value is -2.28. The first-order valence-electron chi connectivity index (χ1n) is 6.16. The van der Waals surface area contributed by atoms with E-state index in [9.17, 15) is 26.3 Å². The van der Waals surface area contributed by atoms with Crippen LogP contribution in [0.25, 0.3) is 5.57 Å². The Morgan fingerprint density at radius 3 is 1.37 bits per heavy atom. The monoisotopic (exact) mass is 476 g/mol. The smallest absolute Gasteiger partial charge is 0 e. The standard InChI is InChI=1S/C12H7F6O.5CO.Mn/c13-11(14,15)10(12(16,17)18)9(6-7-19-10)8-4-2-1-3-5-8;5*1-2;/h1-5H,7H2;;;;;;/q-1;;;;;;. The molecule has 0 N–H and O–H groups in total. The maximum Gasteiger partial charge on any atom is 0 e. The minimum Gasteiger partial charge on any atom is 0 e. The Morgan fingerprint density at radius 1 is 0.733 bits per heavy atom. The van der Waals surface area contributed by atoms with E-state index in [1.165, 1.54) is 18.2 Å². The first kappa shape index (κ1) is 38.3. The minimum absolute atomic E-state index is 0. The van der Waals surface area contributed by atoms with Crippen LogP contribution in [0.5, 0.6) is 0 Å². The van der Waals surface area contributed by atoms with Crippen LogP contribution in [-0.2, 0) is 45.1 Å². The molecule has 0 saturated carbocycles. The van der Waals surface area contributed by atoms with Crippen LogP contribution < -0.4 is 0 Å². The molecule has 6 nitrogen and oxygen atoms in total. The molecule has 0 unspecified atom stereocenters. The zero-order valence-corrected chi connectivity index (χ0v) is 15.4.